The summed E-state index contributed by atoms with van der Waals surface area (Å²) in [6.45, 7) is 6.19. The molecular formula is C17H21ClN2O3. The maximum Gasteiger partial charge on any atom is 0.352 e. The Kier molecular flexibility index (Phi) is 8.17. The first kappa shape index (κ1) is 19.0. The highest BCUT2D eigenvalue weighted by atomic mass is 35.5. The number of nitriles is 1. The number of halogens is 1. The number of benzene rings is 1. The quantitative estimate of drug-likeness (QED) is 0.340. The first-order valence-corrected chi connectivity index (χ1v) is 7.83. The minimum absolute atomic E-state index is 0.0342. The van der Waals surface area contributed by atoms with Crippen molar-refractivity contribution in [3.63, 3.8) is 0 Å². The van der Waals surface area contributed by atoms with E-state index in [0.717, 1.165) is 5.56 Å². The highest BCUT2D eigenvalue weighted by Crippen LogP contribution is 2.13. The first-order chi connectivity index (χ1) is 11.0. The van der Waals surface area contributed by atoms with Gasteiger partial charge in [0.25, 0.3) is 0 Å². The Hall–Kier alpha value is -2.03. The first-order valence-electron chi connectivity index (χ1n) is 7.45. The molecule has 1 unspecified atom stereocenters. The van der Waals surface area contributed by atoms with Crippen LogP contribution in [-0.2, 0) is 20.8 Å². The summed E-state index contributed by atoms with van der Waals surface area (Å²) in [5.41, 5.74) is 1.50. The van der Waals surface area contributed by atoms with Crippen LogP contribution in [0.4, 0.5) is 0 Å². The average Bonchev–Trinajstić information content (AvgIpc) is 2.53. The second-order valence-corrected chi connectivity index (χ2v) is 5.16. The Morgan fingerprint density at radius 2 is 2.00 bits per heavy atom. The molecule has 1 N–H and O–H groups in total. The minimum atomic E-state index is -0.690. The number of allylic oxidation sites excluding steroid dienone is 1. The van der Waals surface area contributed by atoms with Gasteiger partial charge in [-0.3, -0.25) is 0 Å². The van der Waals surface area contributed by atoms with Gasteiger partial charge in [0, 0.05) is 23.9 Å². The number of rotatable bonds is 8. The van der Waals surface area contributed by atoms with Gasteiger partial charge in [-0.2, -0.15) is 5.26 Å². The molecule has 1 aromatic carbocycles. The van der Waals surface area contributed by atoms with E-state index in [-0.39, 0.29) is 5.57 Å². The number of carbonyl (C=O) groups is 1. The van der Waals surface area contributed by atoms with E-state index in [9.17, 15) is 10.1 Å². The number of nitrogens with zero attached hydrogens (tertiary/aromatic N) is 1. The second kappa shape index (κ2) is 9.88. The third-order valence-electron chi connectivity index (χ3n) is 3.06. The summed E-state index contributed by atoms with van der Waals surface area (Å²) < 4.78 is 10.2. The summed E-state index contributed by atoms with van der Waals surface area (Å²) in [4.78, 5) is 12.1. The molecule has 1 rings (SSSR count). The van der Waals surface area contributed by atoms with E-state index >= 15 is 0 Å². The van der Waals surface area contributed by atoms with Gasteiger partial charge in [-0.15, -0.1) is 0 Å². The zero-order chi connectivity index (χ0) is 17.2. The van der Waals surface area contributed by atoms with Gasteiger partial charge in [0.15, 0.2) is 5.57 Å². The number of nitrogens with one attached hydrogen (secondary N) is 1. The van der Waals surface area contributed by atoms with Crippen molar-refractivity contribution in [3.8, 4) is 6.07 Å². The van der Waals surface area contributed by atoms with Crippen LogP contribution in [0, 0.1) is 11.3 Å². The van der Waals surface area contributed by atoms with Crippen LogP contribution in [0.25, 0.3) is 0 Å². The summed E-state index contributed by atoms with van der Waals surface area (Å²) in [6.07, 6.45) is -0.181. The van der Waals surface area contributed by atoms with Crippen LogP contribution >= 0.6 is 11.6 Å². The lowest BCUT2D eigenvalue weighted by molar-refractivity contribution is -0.168. The van der Waals surface area contributed by atoms with Crippen LogP contribution in [0.2, 0.25) is 5.02 Å². The summed E-state index contributed by atoms with van der Waals surface area (Å²) in [5.74, 6) is -0.686. The molecule has 0 aliphatic carbocycles. The smallest absolute Gasteiger partial charge is 0.352 e. The fourth-order valence-electron chi connectivity index (χ4n) is 1.92. The second-order valence-electron chi connectivity index (χ2n) is 4.73. The highest BCUT2D eigenvalue weighted by Gasteiger charge is 2.18. The van der Waals surface area contributed by atoms with E-state index in [4.69, 9.17) is 21.1 Å². The summed E-state index contributed by atoms with van der Waals surface area (Å²) in [7, 11) is 0. The van der Waals surface area contributed by atoms with Crippen LogP contribution in [0.1, 0.15) is 32.8 Å². The molecule has 124 valence electrons. The van der Waals surface area contributed by atoms with Crippen LogP contribution < -0.4 is 5.32 Å². The van der Waals surface area contributed by atoms with Crippen LogP contribution in [0.15, 0.2) is 35.5 Å². The fraction of sp³-hybridized carbons (Fsp3) is 0.412. The Morgan fingerprint density at radius 1 is 1.35 bits per heavy atom. The predicted octanol–water partition coefficient (Wildman–Crippen LogP) is 3.54. The van der Waals surface area contributed by atoms with Crippen molar-refractivity contribution in [1.29, 1.82) is 5.26 Å². The number of carbonyl (C=O) groups excluding carboxylic acids is 1. The zero-order valence-electron chi connectivity index (χ0n) is 13.6. The summed E-state index contributed by atoms with van der Waals surface area (Å²) in [5, 5.41) is 13.0. The lowest BCUT2D eigenvalue weighted by atomic mass is 10.1. The van der Waals surface area contributed by atoms with Gasteiger partial charge in [0.2, 0.25) is 6.29 Å². The van der Waals surface area contributed by atoms with Crippen LogP contribution in [-0.4, -0.2) is 18.9 Å². The van der Waals surface area contributed by atoms with Crippen molar-refractivity contribution in [2.24, 2.45) is 0 Å². The van der Waals surface area contributed by atoms with Crippen molar-refractivity contribution >= 4 is 17.6 Å². The molecule has 1 atom stereocenters. The van der Waals surface area contributed by atoms with Crippen LogP contribution in [0.3, 0.4) is 0 Å². The maximum atomic E-state index is 12.1. The van der Waals surface area contributed by atoms with E-state index in [1.807, 2.05) is 25.1 Å². The molecule has 0 saturated heterocycles. The largest absolute Gasteiger partial charge is 0.432 e. The Balaban J connectivity index is 2.80. The lowest BCUT2D eigenvalue weighted by Gasteiger charge is -2.15. The van der Waals surface area contributed by atoms with Gasteiger partial charge in [0.05, 0.1) is 0 Å². The molecule has 6 heteroatoms. The van der Waals surface area contributed by atoms with Gasteiger partial charge in [-0.1, -0.05) is 30.7 Å². The number of hydrogen-bond acceptors (Lipinski definition) is 5. The molecule has 0 radical (unpaired) electrons. The van der Waals surface area contributed by atoms with E-state index in [2.05, 4.69) is 5.32 Å². The number of hydrogen-bond donors (Lipinski definition) is 1. The normalized spacial score (nSPS) is 12.8. The van der Waals surface area contributed by atoms with Gasteiger partial charge in [0.1, 0.15) is 6.07 Å². The van der Waals surface area contributed by atoms with Gasteiger partial charge in [-0.25, -0.2) is 4.79 Å². The Morgan fingerprint density at radius 3 is 2.52 bits per heavy atom. The topological polar surface area (TPSA) is 71.3 Å². The molecule has 0 saturated carbocycles. The molecule has 0 spiro atoms. The standard InChI is InChI=1S/C17H21ClN2O3/c1-4-16(20-11-13-6-8-14(18)9-7-13)15(10-19)17(21)23-12(3)22-5-2/h6-9,12,20H,4-5,11H2,1-3H3/b16-15-. The SMILES string of the molecule is CCOC(C)OC(=O)/C(C#N)=C(/CC)NCc1ccc(Cl)cc1. The summed E-state index contributed by atoms with van der Waals surface area (Å²) in [6, 6.07) is 9.25. The van der Waals surface area contributed by atoms with Crippen molar-refractivity contribution in [2.75, 3.05) is 6.61 Å². The van der Waals surface area contributed by atoms with E-state index in [1.165, 1.54) is 0 Å². The van der Waals surface area contributed by atoms with E-state index in [1.54, 1.807) is 26.0 Å². The third-order valence-corrected chi connectivity index (χ3v) is 3.32. The Bertz CT molecular complexity index is 591. The lowest BCUT2D eigenvalue weighted by Crippen LogP contribution is -2.23. The maximum absolute atomic E-state index is 12.1. The van der Waals surface area contributed by atoms with Crippen molar-refractivity contribution in [2.45, 2.75) is 40.0 Å². The molecule has 0 fully saturated rings. The molecule has 0 heterocycles. The fourth-order valence-corrected chi connectivity index (χ4v) is 2.04. The van der Waals surface area contributed by atoms with E-state index < -0.39 is 12.3 Å². The molecule has 0 amide bonds. The number of ether oxygens (including phenoxy) is 2. The zero-order valence-corrected chi connectivity index (χ0v) is 14.3. The molecule has 0 aliphatic heterocycles. The minimum Gasteiger partial charge on any atom is -0.432 e. The molecule has 1 aromatic rings. The van der Waals surface area contributed by atoms with Gasteiger partial charge >= 0.3 is 5.97 Å². The third kappa shape index (κ3) is 6.31. The molecule has 0 aromatic heterocycles. The van der Waals surface area contributed by atoms with E-state index in [0.29, 0.717) is 30.3 Å². The molecule has 5 nitrogen and oxygen atoms in total. The molecule has 23 heavy (non-hydrogen) atoms. The van der Waals surface area contributed by atoms with Gasteiger partial charge < -0.3 is 14.8 Å². The number of esters is 1. The van der Waals surface area contributed by atoms with Crippen LogP contribution in [0.5, 0.6) is 0 Å². The highest BCUT2D eigenvalue weighted by molar-refractivity contribution is 6.30. The molecule has 0 aliphatic rings. The van der Waals surface area contributed by atoms with Crippen molar-refractivity contribution in [3.05, 3.63) is 46.1 Å². The summed E-state index contributed by atoms with van der Waals surface area (Å²) >= 11 is 5.84. The monoisotopic (exact) mass is 336 g/mol. The van der Waals surface area contributed by atoms with Crippen molar-refractivity contribution < 1.29 is 14.3 Å². The Labute approximate surface area is 141 Å². The van der Waals surface area contributed by atoms with Gasteiger partial charge in [-0.05, 0) is 38.0 Å². The molecule has 0 bridgehead atoms. The molecular weight excluding hydrogens is 316 g/mol. The predicted molar refractivity (Wildman–Crippen MR) is 88.4 cm³/mol. The van der Waals surface area contributed by atoms with Crippen molar-refractivity contribution in [1.82, 2.24) is 5.32 Å². The average molecular weight is 337 g/mol.